The number of alkyl halides is 2. The van der Waals surface area contributed by atoms with Crippen LogP contribution in [0.5, 0.6) is 0 Å². The molecule has 0 saturated carbocycles. The zero-order chi connectivity index (χ0) is 6.20. The highest BCUT2D eigenvalue weighted by atomic mass is 35.5. The minimum Gasteiger partial charge on any atom is -0.385 e. The molecule has 2 N–H and O–H groups in total. The molecule has 1 unspecified atom stereocenters. The Kier molecular flexibility index (Phi) is 2.79. The van der Waals surface area contributed by atoms with Gasteiger partial charge in [0.05, 0.1) is 6.54 Å². The average molecular weight is 160 g/mol. The third kappa shape index (κ3) is 1.74. The molecule has 2 nitrogen and oxygen atoms in total. The summed E-state index contributed by atoms with van der Waals surface area (Å²) in [4.78, 5) is 0. The van der Waals surface area contributed by atoms with E-state index in [0.29, 0.717) is 0 Å². The van der Waals surface area contributed by atoms with Crippen LogP contribution in [0.1, 0.15) is 0 Å². The van der Waals surface area contributed by atoms with Gasteiger partial charge < -0.3 is 10.4 Å². The SMILES string of the molecule is Cl.OC1CNCC1(F)F. The van der Waals surface area contributed by atoms with Gasteiger partial charge in [0, 0.05) is 6.54 Å². The van der Waals surface area contributed by atoms with Crippen LogP contribution in [0, 0.1) is 0 Å². The van der Waals surface area contributed by atoms with Gasteiger partial charge in [0.15, 0.2) is 0 Å². The summed E-state index contributed by atoms with van der Waals surface area (Å²) in [6.07, 6.45) is -1.48. The van der Waals surface area contributed by atoms with Crippen LogP contribution in [-0.4, -0.2) is 30.2 Å². The van der Waals surface area contributed by atoms with Gasteiger partial charge in [-0.25, -0.2) is 8.78 Å². The van der Waals surface area contributed by atoms with Crippen molar-refractivity contribution in [3.05, 3.63) is 0 Å². The molecule has 1 aliphatic rings. The molecule has 56 valence electrons. The second-order valence-corrected chi connectivity index (χ2v) is 1.91. The highest BCUT2D eigenvalue weighted by Gasteiger charge is 2.42. The van der Waals surface area contributed by atoms with Crippen LogP contribution in [0.15, 0.2) is 0 Å². The number of rotatable bonds is 0. The maximum Gasteiger partial charge on any atom is 0.286 e. The number of aliphatic hydroxyl groups is 1. The second-order valence-electron chi connectivity index (χ2n) is 1.91. The standard InChI is InChI=1S/C4H7F2NO.ClH/c5-4(6)2-7-1-3(4)8;/h3,7-8H,1-2H2;1H. The number of aliphatic hydroxyl groups excluding tert-OH is 1. The fourth-order valence-electron chi connectivity index (χ4n) is 0.643. The predicted molar refractivity (Wildman–Crippen MR) is 31.1 cm³/mol. The molecular weight excluding hydrogens is 151 g/mol. The van der Waals surface area contributed by atoms with Gasteiger partial charge in [-0.2, -0.15) is 0 Å². The highest BCUT2D eigenvalue weighted by molar-refractivity contribution is 5.85. The summed E-state index contributed by atoms with van der Waals surface area (Å²) in [6.45, 7) is -0.388. The third-order valence-corrected chi connectivity index (χ3v) is 1.19. The van der Waals surface area contributed by atoms with Crippen molar-refractivity contribution in [1.82, 2.24) is 5.32 Å². The van der Waals surface area contributed by atoms with E-state index in [0.717, 1.165) is 0 Å². The number of β-amino-alcohol motifs (C(OH)–C–C–N with tert-alkyl or cyclic N) is 1. The van der Waals surface area contributed by atoms with Crippen molar-refractivity contribution in [3.63, 3.8) is 0 Å². The summed E-state index contributed by atoms with van der Waals surface area (Å²) in [6, 6.07) is 0. The lowest BCUT2D eigenvalue weighted by atomic mass is 10.2. The van der Waals surface area contributed by atoms with Crippen molar-refractivity contribution in [2.24, 2.45) is 0 Å². The Labute approximate surface area is 57.7 Å². The third-order valence-electron chi connectivity index (χ3n) is 1.19. The summed E-state index contributed by atoms with van der Waals surface area (Å²) in [5.41, 5.74) is 0. The fraction of sp³-hybridized carbons (Fsp3) is 1.00. The molecule has 9 heavy (non-hydrogen) atoms. The van der Waals surface area contributed by atoms with Gasteiger partial charge in [-0.05, 0) is 0 Å². The van der Waals surface area contributed by atoms with Crippen molar-refractivity contribution in [2.45, 2.75) is 12.0 Å². The fourth-order valence-corrected chi connectivity index (χ4v) is 0.643. The van der Waals surface area contributed by atoms with E-state index in [1.807, 2.05) is 0 Å². The molecule has 1 aliphatic heterocycles. The van der Waals surface area contributed by atoms with Gasteiger partial charge in [0.1, 0.15) is 6.10 Å². The van der Waals surface area contributed by atoms with Gasteiger partial charge in [0.25, 0.3) is 5.92 Å². The van der Waals surface area contributed by atoms with Gasteiger partial charge in [-0.3, -0.25) is 0 Å². The highest BCUT2D eigenvalue weighted by Crippen LogP contribution is 2.20. The molecule has 1 saturated heterocycles. The van der Waals surface area contributed by atoms with E-state index >= 15 is 0 Å². The number of halogens is 3. The Morgan fingerprint density at radius 3 is 2.22 bits per heavy atom. The van der Waals surface area contributed by atoms with Gasteiger partial charge >= 0.3 is 0 Å². The van der Waals surface area contributed by atoms with Crippen LogP contribution in [0.4, 0.5) is 8.78 Å². The number of hydrogen-bond acceptors (Lipinski definition) is 2. The van der Waals surface area contributed by atoms with Crippen LogP contribution in [0.2, 0.25) is 0 Å². The van der Waals surface area contributed by atoms with Crippen molar-refractivity contribution in [3.8, 4) is 0 Å². The van der Waals surface area contributed by atoms with E-state index in [2.05, 4.69) is 5.32 Å². The molecule has 0 aliphatic carbocycles. The van der Waals surface area contributed by atoms with Gasteiger partial charge in [-0.1, -0.05) is 0 Å². The predicted octanol–water partition coefficient (Wildman–Crippen LogP) is 0.00760. The molecule has 0 amide bonds. The lowest BCUT2D eigenvalue weighted by Crippen LogP contribution is -2.30. The molecule has 5 heteroatoms. The second kappa shape index (κ2) is 2.77. The summed E-state index contributed by atoms with van der Waals surface area (Å²) < 4.78 is 24.1. The van der Waals surface area contributed by atoms with E-state index in [4.69, 9.17) is 5.11 Å². The Hall–Kier alpha value is 0.0700. The first-order chi connectivity index (χ1) is 3.63. The Balaban J connectivity index is 0.000000640. The summed E-state index contributed by atoms with van der Waals surface area (Å²) in [7, 11) is 0. The molecule has 0 aromatic rings. The molecule has 0 spiro atoms. The van der Waals surface area contributed by atoms with Crippen molar-refractivity contribution in [1.29, 1.82) is 0 Å². The summed E-state index contributed by atoms with van der Waals surface area (Å²) >= 11 is 0. The molecule has 0 aromatic heterocycles. The van der Waals surface area contributed by atoms with Crippen molar-refractivity contribution < 1.29 is 13.9 Å². The zero-order valence-electron chi connectivity index (χ0n) is 4.60. The largest absolute Gasteiger partial charge is 0.385 e. The van der Waals surface area contributed by atoms with Gasteiger partial charge in [-0.15, -0.1) is 12.4 Å². The molecule has 1 heterocycles. The monoisotopic (exact) mass is 159 g/mol. The first-order valence-corrected chi connectivity index (χ1v) is 2.39. The maximum absolute atomic E-state index is 12.0. The topological polar surface area (TPSA) is 32.3 Å². The van der Waals surface area contributed by atoms with Crippen molar-refractivity contribution in [2.75, 3.05) is 13.1 Å². The molecule has 1 rings (SSSR count). The van der Waals surface area contributed by atoms with Crippen LogP contribution >= 0.6 is 12.4 Å². The molecule has 0 bridgehead atoms. The average Bonchev–Trinajstić information content (AvgIpc) is 1.86. The molecule has 0 aromatic carbocycles. The van der Waals surface area contributed by atoms with E-state index < -0.39 is 18.6 Å². The maximum atomic E-state index is 12.0. The van der Waals surface area contributed by atoms with E-state index in [9.17, 15) is 8.78 Å². The van der Waals surface area contributed by atoms with Crippen LogP contribution in [0.3, 0.4) is 0 Å². The van der Waals surface area contributed by atoms with Crippen molar-refractivity contribution >= 4 is 12.4 Å². The summed E-state index contributed by atoms with van der Waals surface area (Å²) in [5, 5.41) is 10.8. The molecule has 1 atom stereocenters. The minimum atomic E-state index is -2.90. The Morgan fingerprint density at radius 1 is 1.56 bits per heavy atom. The van der Waals surface area contributed by atoms with E-state index in [1.165, 1.54) is 0 Å². The smallest absolute Gasteiger partial charge is 0.286 e. The number of nitrogens with one attached hydrogen (secondary N) is 1. The normalized spacial score (nSPS) is 31.7. The number of hydrogen-bond donors (Lipinski definition) is 2. The first kappa shape index (κ1) is 9.07. The molecular formula is C4H8ClF2NO. The van der Waals surface area contributed by atoms with Crippen LogP contribution < -0.4 is 5.32 Å². The quantitative estimate of drug-likeness (QED) is 0.522. The van der Waals surface area contributed by atoms with Crippen LogP contribution in [-0.2, 0) is 0 Å². The van der Waals surface area contributed by atoms with E-state index in [-0.39, 0.29) is 19.0 Å². The Morgan fingerprint density at radius 2 is 2.11 bits per heavy atom. The lowest BCUT2D eigenvalue weighted by Gasteiger charge is -2.09. The first-order valence-electron chi connectivity index (χ1n) is 2.39. The van der Waals surface area contributed by atoms with Crippen LogP contribution in [0.25, 0.3) is 0 Å². The van der Waals surface area contributed by atoms with E-state index in [1.54, 1.807) is 0 Å². The lowest BCUT2D eigenvalue weighted by molar-refractivity contribution is -0.0714. The molecule has 0 radical (unpaired) electrons. The van der Waals surface area contributed by atoms with Gasteiger partial charge in [0.2, 0.25) is 0 Å². The Bertz CT molecular complexity index is 101. The molecule has 1 fully saturated rings. The summed E-state index contributed by atoms with van der Waals surface area (Å²) in [5.74, 6) is -2.90. The minimum absolute atomic E-state index is 0. The zero-order valence-corrected chi connectivity index (χ0v) is 5.42.